The second kappa shape index (κ2) is 10.1. The molecule has 2 aromatic carbocycles. The third-order valence-electron chi connectivity index (χ3n) is 5.90. The summed E-state index contributed by atoms with van der Waals surface area (Å²) < 4.78 is 7.55. The zero-order valence-corrected chi connectivity index (χ0v) is 19.5. The summed E-state index contributed by atoms with van der Waals surface area (Å²) in [5, 5.41) is 14.3. The summed E-state index contributed by atoms with van der Waals surface area (Å²) in [6.07, 6.45) is 2.04. The Morgan fingerprint density at radius 1 is 0.879 bits per heavy atom. The monoisotopic (exact) mass is 460 g/mol. The Hall–Kier alpha value is -3.36. The van der Waals surface area contributed by atoms with Crippen LogP contribution >= 0.6 is 11.3 Å². The van der Waals surface area contributed by atoms with E-state index in [0.717, 1.165) is 60.1 Å². The highest BCUT2D eigenvalue weighted by molar-refractivity contribution is 7.17. The topological polar surface area (TPSA) is 58.5 Å². The van der Waals surface area contributed by atoms with Crippen molar-refractivity contribution in [2.24, 2.45) is 0 Å². The summed E-state index contributed by atoms with van der Waals surface area (Å²) in [6.45, 7) is 5.66. The van der Waals surface area contributed by atoms with Gasteiger partial charge in [0, 0.05) is 44.6 Å². The van der Waals surface area contributed by atoms with Crippen LogP contribution in [0.5, 0.6) is 5.75 Å². The first-order valence-electron chi connectivity index (χ1n) is 11.2. The average Bonchev–Trinajstić information content (AvgIpc) is 3.54. The lowest BCUT2D eigenvalue weighted by Gasteiger charge is -2.34. The van der Waals surface area contributed by atoms with Gasteiger partial charge in [-0.05, 0) is 29.8 Å². The summed E-state index contributed by atoms with van der Waals surface area (Å²) in [6, 6.07) is 22.8. The average molecular weight is 461 g/mol. The highest BCUT2D eigenvalue weighted by atomic mass is 32.1. The number of rotatable bonds is 8. The van der Waals surface area contributed by atoms with Crippen molar-refractivity contribution in [3.63, 3.8) is 0 Å². The molecule has 1 fully saturated rings. The van der Waals surface area contributed by atoms with Crippen LogP contribution in [0.15, 0.2) is 72.9 Å². The molecule has 0 unspecified atom stereocenters. The number of hydrogen-bond donors (Lipinski definition) is 1. The Morgan fingerprint density at radius 2 is 1.64 bits per heavy atom. The normalized spacial score (nSPS) is 14.4. The predicted octanol–water partition coefficient (Wildman–Crippen LogP) is 4.27. The van der Waals surface area contributed by atoms with Gasteiger partial charge < -0.3 is 15.0 Å². The summed E-state index contributed by atoms with van der Waals surface area (Å²) in [5.41, 5.74) is 3.46. The van der Waals surface area contributed by atoms with Gasteiger partial charge in [0.2, 0.25) is 10.3 Å². The molecule has 1 aliphatic rings. The lowest BCUT2D eigenvalue weighted by atomic mass is 10.2. The molecule has 2 aromatic heterocycles. The van der Waals surface area contributed by atoms with Crippen molar-refractivity contribution in [3.05, 3.63) is 84.2 Å². The molecular formula is C25H28N6OS. The van der Waals surface area contributed by atoms with Gasteiger partial charge in [0.1, 0.15) is 5.75 Å². The Morgan fingerprint density at radius 3 is 2.45 bits per heavy atom. The first-order valence-corrected chi connectivity index (χ1v) is 12.0. The van der Waals surface area contributed by atoms with Crippen LogP contribution in [0.3, 0.4) is 0 Å². The number of aromatic nitrogens is 3. The van der Waals surface area contributed by atoms with Gasteiger partial charge in [-0.25, -0.2) is 0 Å². The maximum atomic E-state index is 5.44. The summed E-state index contributed by atoms with van der Waals surface area (Å²) in [5.74, 6) is 0.834. The van der Waals surface area contributed by atoms with Gasteiger partial charge in [0.05, 0.1) is 19.3 Å². The largest absolute Gasteiger partial charge is 0.495 e. The molecule has 0 aliphatic carbocycles. The van der Waals surface area contributed by atoms with E-state index < -0.39 is 0 Å². The van der Waals surface area contributed by atoms with Gasteiger partial charge in [0.15, 0.2) is 0 Å². The fourth-order valence-electron chi connectivity index (χ4n) is 4.10. The molecule has 0 saturated carbocycles. The van der Waals surface area contributed by atoms with Crippen LogP contribution in [0.4, 0.5) is 10.8 Å². The molecule has 0 spiro atoms. The molecule has 0 amide bonds. The molecule has 1 N–H and O–H groups in total. The highest BCUT2D eigenvalue weighted by Gasteiger charge is 2.21. The maximum Gasteiger partial charge on any atom is 0.218 e. The fraction of sp³-hybridized carbons (Fsp3) is 0.280. The minimum atomic E-state index is 0.667. The maximum absolute atomic E-state index is 5.44. The highest BCUT2D eigenvalue weighted by Crippen LogP contribution is 2.27. The van der Waals surface area contributed by atoms with Crippen molar-refractivity contribution in [1.29, 1.82) is 0 Å². The van der Waals surface area contributed by atoms with Crippen LogP contribution in [0.1, 0.15) is 11.3 Å². The van der Waals surface area contributed by atoms with Crippen LogP contribution < -0.4 is 15.0 Å². The lowest BCUT2D eigenvalue weighted by molar-refractivity contribution is 0.249. The Bertz CT molecular complexity index is 1170. The number of hydrogen-bond acceptors (Lipinski definition) is 7. The molecular weight excluding hydrogens is 432 g/mol. The summed E-state index contributed by atoms with van der Waals surface area (Å²) in [4.78, 5) is 4.85. The van der Waals surface area contributed by atoms with Crippen LogP contribution in [-0.4, -0.2) is 53.0 Å². The van der Waals surface area contributed by atoms with Gasteiger partial charge in [-0.1, -0.05) is 53.8 Å². The van der Waals surface area contributed by atoms with Crippen LogP contribution in [0, 0.1) is 0 Å². The smallest absolute Gasteiger partial charge is 0.218 e. The van der Waals surface area contributed by atoms with Gasteiger partial charge in [-0.3, -0.25) is 9.47 Å². The minimum Gasteiger partial charge on any atom is -0.495 e. The molecule has 0 bridgehead atoms. The van der Waals surface area contributed by atoms with E-state index in [2.05, 4.69) is 66.3 Å². The number of nitrogens with zero attached hydrogens (tertiary/aromatic N) is 5. The molecule has 0 atom stereocenters. The molecule has 4 aromatic rings. The van der Waals surface area contributed by atoms with Crippen molar-refractivity contribution in [2.45, 2.75) is 13.1 Å². The molecule has 1 saturated heterocycles. The van der Waals surface area contributed by atoms with Crippen molar-refractivity contribution < 1.29 is 4.74 Å². The second-order valence-corrected chi connectivity index (χ2v) is 8.97. The molecule has 0 radical (unpaired) electrons. The zero-order chi connectivity index (χ0) is 22.5. The van der Waals surface area contributed by atoms with E-state index in [-0.39, 0.29) is 0 Å². The number of methoxy groups -OCH3 is 1. The van der Waals surface area contributed by atoms with Crippen molar-refractivity contribution in [2.75, 3.05) is 43.5 Å². The lowest BCUT2D eigenvalue weighted by Crippen LogP contribution is -2.45. The number of para-hydroxylation sites is 2. The summed E-state index contributed by atoms with van der Waals surface area (Å²) >= 11 is 1.64. The van der Waals surface area contributed by atoms with Crippen LogP contribution in [0.25, 0.3) is 5.13 Å². The Labute approximate surface area is 198 Å². The second-order valence-electron chi connectivity index (χ2n) is 8.04. The van der Waals surface area contributed by atoms with E-state index in [0.29, 0.717) is 6.54 Å². The van der Waals surface area contributed by atoms with Gasteiger partial charge in [-0.2, -0.15) is 0 Å². The zero-order valence-electron chi connectivity index (χ0n) is 18.7. The van der Waals surface area contributed by atoms with Crippen molar-refractivity contribution in [3.8, 4) is 10.9 Å². The number of benzene rings is 2. The van der Waals surface area contributed by atoms with Crippen molar-refractivity contribution >= 4 is 22.2 Å². The van der Waals surface area contributed by atoms with E-state index in [9.17, 15) is 0 Å². The fourth-order valence-corrected chi connectivity index (χ4v) is 5.01. The van der Waals surface area contributed by atoms with E-state index >= 15 is 0 Å². The van der Waals surface area contributed by atoms with Crippen LogP contribution in [-0.2, 0) is 13.1 Å². The van der Waals surface area contributed by atoms with E-state index in [1.54, 1.807) is 18.4 Å². The number of piperazine rings is 1. The minimum absolute atomic E-state index is 0.667. The number of anilines is 2. The van der Waals surface area contributed by atoms with E-state index in [1.807, 2.05) is 36.5 Å². The van der Waals surface area contributed by atoms with Crippen LogP contribution in [0.2, 0.25) is 0 Å². The molecule has 8 heteroatoms. The first kappa shape index (κ1) is 21.5. The van der Waals surface area contributed by atoms with Gasteiger partial charge >= 0.3 is 0 Å². The molecule has 33 heavy (non-hydrogen) atoms. The van der Waals surface area contributed by atoms with Crippen molar-refractivity contribution in [1.82, 2.24) is 19.7 Å². The molecule has 3 heterocycles. The molecule has 1 aliphatic heterocycles. The molecule has 7 nitrogen and oxygen atoms in total. The third-order valence-corrected chi connectivity index (χ3v) is 6.89. The standard InChI is InChI=1S/C25H28N6OS/c1-32-23-12-6-5-11-22(23)26-18-21-10-7-13-31(21)25-28-27-24(33-25)30-16-14-29(15-17-30)19-20-8-3-2-4-9-20/h2-13,26H,14-19H2,1H3. The van der Waals surface area contributed by atoms with E-state index in [1.165, 1.54) is 5.56 Å². The molecule has 5 rings (SSSR count). The SMILES string of the molecule is COc1ccccc1NCc1cccn1-c1nnc(N2CCN(Cc3ccccc3)CC2)s1. The summed E-state index contributed by atoms with van der Waals surface area (Å²) in [7, 11) is 1.69. The predicted molar refractivity (Wildman–Crippen MR) is 133 cm³/mol. The quantitative estimate of drug-likeness (QED) is 0.424. The van der Waals surface area contributed by atoms with E-state index in [4.69, 9.17) is 4.74 Å². The Kier molecular flexibility index (Phi) is 6.55. The molecule has 170 valence electrons. The third kappa shape index (κ3) is 5.02. The first-order chi connectivity index (χ1) is 16.3. The van der Waals surface area contributed by atoms with Gasteiger partial charge in [0.25, 0.3) is 0 Å². The Balaban J connectivity index is 1.21. The number of ether oxygens (including phenoxy) is 1. The number of nitrogens with one attached hydrogen (secondary N) is 1. The van der Waals surface area contributed by atoms with Gasteiger partial charge in [-0.15, -0.1) is 10.2 Å².